The molecule has 1 aliphatic rings. The molecule has 0 aliphatic carbocycles. The van der Waals surface area contributed by atoms with Crippen LogP contribution in [0.4, 0.5) is 0 Å². The molecule has 1 rings (SSSR count). The Bertz CT molecular complexity index is 294. The van der Waals surface area contributed by atoms with Crippen molar-refractivity contribution >= 4 is 15.0 Å². The smallest absolute Gasteiger partial charge is 0.403 e. The second-order valence-electron chi connectivity index (χ2n) is 7.59. The summed E-state index contributed by atoms with van der Waals surface area (Å²) in [6.45, 7) is 11.6. The summed E-state index contributed by atoms with van der Waals surface area (Å²) in [6.07, 6.45) is 6.99. The van der Waals surface area contributed by atoms with Crippen molar-refractivity contribution in [2.24, 2.45) is 5.73 Å². The van der Waals surface area contributed by atoms with Crippen LogP contribution in [0.3, 0.4) is 0 Å². The third-order valence-corrected chi connectivity index (χ3v) is 5.10. The number of rotatable bonds is 8. The quantitative estimate of drug-likeness (QED) is 0.549. The lowest BCUT2D eigenvalue weighted by atomic mass is 9.42. The van der Waals surface area contributed by atoms with Gasteiger partial charge in [-0.15, -0.1) is 0 Å². The molecule has 5 heteroatoms. The van der Waals surface area contributed by atoms with Crippen LogP contribution in [-0.2, 0) is 9.31 Å². The third kappa shape index (κ3) is 4.02. The van der Waals surface area contributed by atoms with Gasteiger partial charge in [0.15, 0.2) is 0 Å². The molecule has 2 N–H and O–H groups in total. The number of hydrogen-bond donors (Lipinski definition) is 1. The largest absolute Gasteiger partial charge is 0.456 e. The van der Waals surface area contributed by atoms with Gasteiger partial charge < -0.3 is 15.0 Å². The van der Waals surface area contributed by atoms with E-state index in [0.29, 0.717) is 0 Å². The Kier molecular flexibility index (Phi) is 6.18. The fourth-order valence-corrected chi connectivity index (χ4v) is 2.91. The zero-order valence-corrected chi connectivity index (χ0v) is 14.4. The molecule has 0 aromatic carbocycles. The summed E-state index contributed by atoms with van der Waals surface area (Å²) in [4.78, 5) is 0. The lowest BCUT2D eigenvalue weighted by molar-refractivity contribution is 0.00578. The second-order valence-corrected chi connectivity index (χ2v) is 7.59. The average Bonchev–Trinajstić information content (AvgIpc) is 2.55. The minimum Gasteiger partial charge on any atom is -0.403 e. The van der Waals surface area contributed by atoms with Crippen molar-refractivity contribution < 1.29 is 9.31 Å². The molecule has 1 heterocycles. The van der Waals surface area contributed by atoms with Crippen molar-refractivity contribution in [3.63, 3.8) is 0 Å². The predicted molar refractivity (Wildman–Crippen MR) is 89.7 cm³/mol. The van der Waals surface area contributed by atoms with E-state index in [-0.39, 0.29) is 23.5 Å². The van der Waals surface area contributed by atoms with E-state index in [1.165, 1.54) is 12.8 Å². The zero-order chi connectivity index (χ0) is 15.4. The van der Waals surface area contributed by atoms with Crippen molar-refractivity contribution in [1.29, 1.82) is 0 Å². The Morgan fingerprint density at radius 2 is 1.55 bits per heavy atom. The maximum absolute atomic E-state index is 6.29. The molecule has 1 fully saturated rings. The summed E-state index contributed by atoms with van der Waals surface area (Å²) in [7, 11) is 2.23. The van der Waals surface area contributed by atoms with Gasteiger partial charge in [0.1, 0.15) is 7.85 Å². The number of hydrogen-bond acceptors (Lipinski definition) is 3. The maximum atomic E-state index is 6.29. The fraction of sp³-hybridized carbons (Fsp3) is 1.00. The van der Waals surface area contributed by atoms with Gasteiger partial charge in [-0.1, -0.05) is 39.0 Å². The first-order valence-electron chi connectivity index (χ1n) is 8.24. The molecule has 0 spiro atoms. The minimum atomic E-state index is -0.232. The summed E-state index contributed by atoms with van der Waals surface area (Å²) in [5, 5.41) is 0.106. The highest BCUT2D eigenvalue weighted by Crippen LogP contribution is 2.48. The van der Waals surface area contributed by atoms with Crippen LogP contribution in [0.2, 0.25) is 5.21 Å². The standard InChI is InChI=1S/C15H33B2NO2/c1-6-10-15(16,11-8-7-9-12-18)17-19-13(2,3)14(4,5)20-17/h6-12,16,18H2,1-5H3. The van der Waals surface area contributed by atoms with Crippen LogP contribution < -0.4 is 5.73 Å². The van der Waals surface area contributed by atoms with E-state index >= 15 is 0 Å². The van der Waals surface area contributed by atoms with E-state index in [2.05, 4.69) is 42.5 Å². The average molecular weight is 281 g/mol. The zero-order valence-electron chi connectivity index (χ0n) is 14.4. The predicted octanol–water partition coefficient (Wildman–Crippen LogP) is 2.73. The topological polar surface area (TPSA) is 44.5 Å². The maximum Gasteiger partial charge on any atom is 0.456 e. The number of nitrogens with two attached hydrogens (primary N) is 1. The van der Waals surface area contributed by atoms with E-state index in [0.717, 1.165) is 32.2 Å². The normalized spacial score (nSPS) is 23.8. The van der Waals surface area contributed by atoms with E-state index in [1.807, 2.05) is 0 Å². The van der Waals surface area contributed by atoms with E-state index in [1.54, 1.807) is 0 Å². The van der Waals surface area contributed by atoms with Gasteiger partial charge in [0.05, 0.1) is 11.2 Å². The number of unbranched alkanes of at least 4 members (excludes halogenated alkanes) is 2. The molecule has 0 aromatic heterocycles. The van der Waals surface area contributed by atoms with Crippen LogP contribution in [0, 0.1) is 0 Å². The molecule has 0 amide bonds. The minimum absolute atomic E-state index is 0.0923. The highest BCUT2D eigenvalue weighted by molar-refractivity contribution is 6.60. The Hall–Kier alpha value is 0.00987. The summed E-state index contributed by atoms with van der Waals surface area (Å²) in [6, 6.07) is 0. The second kappa shape index (κ2) is 6.85. The molecular weight excluding hydrogens is 248 g/mol. The van der Waals surface area contributed by atoms with E-state index in [9.17, 15) is 0 Å². The highest BCUT2D eigenvalue weighted by atomic mass is 16.7. The van der Waals surface area contributed by atoms with Crippen LogP contribution in [0.5, 0.6) is 0 Å². The highest BCUT2D eigenvalue weighted by Gasteiger charge is 2.56. The molecule has 1 unspecified atom stereocenters. The molecule has 116 valence electrons. The first kappa shape index (κ1) is 18.1. The molecule has 0 aromatic rings. The van der Waals surface area contributed by atoms with Gasteiger partial charge in [0, 0.05) is 0 Å². The molecule has 1 atom stereocenters. The molecule has 1 saturated heterocycles. The van der Waals surface area contributed by atoms with Crippen molar-refractivity contribution in [2.75, 3.05) is 6.54 Å². The summed E-state index contributed by atoms with van der Waals surface area (Å²) >= 11 is 0. The molecule has 20 heavy (non-hydrogen) atoms. The van der Waals surface area contributed by atoms with Crippen molar-refractivity contribution in [1.82, 2.24) is 0 Å². The van der Waals surface area contributed by atoms with Gasteiger partial charge in [-0.2, -0.15) is 0 Å². The first-order valence-corrected chi connectivity index (χ1v) is 8.24. The molecule has 0 saturated carbocycles. The van der Waals surface area contributed by atoms with Gasteiger partial charge in [-0.05, 0) is 45.9 Å². The van der Waals surface area contributed by atoms with E-state index in [4.69, 9.17) is 15.0 Å². The van der Waals surface area contributed by atoms with Crippen molar-refractivity contribution in [3.05, 3.63) is 0 Å². The van der Waals surface area contributed by atoms with Crippen molar-refractivity contribution in [2.45, 2.75) is 89.6 Å². The molecule has 3 nitrogen and oxygen atoms in total. The fourth-order valence-electron chi connectivity index (χ4n) is 2.91. The van der Waals surface area contributed by atoms with Gasteiger partial charge in [0.25, 0.3) is 0 Å². The molecular formula is C15H33B2NO2. The third-order valence-electron chi connectivity index (χ3n) is 5.10. The Balaban J connectivity index is 2.71. The van der Waals surface area contributed by atoms with Crippen LogP contribution in [-0.4, -0.2) is 32.7 Å². The lowest BCUT2D eigenvalue weighted by Crippen LogP contribution is -2.41. The van der Waals surface area contributed by atoms with Crippen LogP contribution in [0.25, 0.3) is 0 Å². The molecule has 1 aliphatic heterocycles. The summed E-state index contributed by atoms with van der Waals surface area (Å²) in [5.74, 6) is 0. The van der Waals surface area contributed by atoms with Crippen LogP contribution >= 0.6 is 0 Å². The summed E-state index contributed by atoms with van der Waals surface area (Å²) in [5.41, 5.74) is 5.12. The SMILES string of the molecule is BC(CCC)(CCCCCN)B1OC(C)(C)C(C)(C)O1. The van der Waals surface area contributed by atoms with Crippen LogP contribution in [0.1, 0.15) is 73.1 Å². The molecule has 0 bridgehead atoms. The van der Waals surface area contributed by atoms with Crippen LogP contribution in [0.15, 0.2) is 0 Å². The Morgan fingerprint density at radius 1 is 1.00 bits per heavy atom. The van der Waals surface area contributed by atoms with Gasteiger partial charge in [-0.3, -0.25) is 0 Å². The van der Waals surface area contributed by atoms with Gasteiger partial charge in [0.2, 0.25) is 0 Å². The Labute approximate surface area is 126 Å². The molecule has 0 radical (unpaired) electrons. The van der Waals surface area contributed by atoms with Gasteiger partial charge in [-0.25, -0.2) is 0 Å². The first-order chi connectivity index (χ1) is 9.18. The Morgan fingerprint density at radius 3 is 2.00 bits per heavy atom. The van der Waals surface area contributed by atoms with Gasteiger partial charge >= 0.3 is 7.12 Å². The van der Waals surface area contributed by atoms with E-state index < -0.39 is 0 Å². The lowest BCUT2D eigenvalue weighted by Gasteiger charge is -2.32. The monoisotopic (exact) mass is 281 g/mol. The summed E-state index contributed by atoms with van der Waals surface area (Å²) < 4.78 is 12.6. The van der Waals surface area contributed by atoms with Crippen molar-refractivity contribution in [3.8, 4) is 0 Å².